The Hall–Kier alpha value is -2.17. The van der Waals surface area contributed by atoms with Crippen molar-refractivity contribution in [1.82, 2.24) is 4.90 Å². The molecule has 238 valence electrons. The minimum Gasteiger partial charge on any atom is -0.478 e. The van der Waals surface area contributed by atoms with E-state index in [1.807, 2.05) is 13.0 Å². The van der Waals surface area contributed by atoms with Crippen LogP contribution in [0.25, 0.3) is 0 Å². The first kappa shape index (κ1) is 36.0. The smallest absolute Gasteiger partial charge is 0.328 e. The molecule has 0 aromatic heterocycles. The van der Waals surface area contributed by atoms with Crippen LogP contribution in [0, 0.1) is 34.0 Å². The van der Waals surface area contributed by atoms with Gasteiger partial charge in [-0.15, -0.1) is 18.3 Å². The lowest BCUT2D eigenvalue weighted by Gasteiger charge is -2.61. The monoisotopic (exact) mass is 609 g/mol. The number of aliphatic hydroxyl groups is 1. The van der Waals surface area contributed by atoms with Gasteiger partial charge in [0.25, 0.3) is 0 Å². The summed E-state index contributed by atoms with van der Waals surface area (Å²) in [5.74, 6) is -1.14. The Labute approximate surface area is 255 Å². The summed E-state index contributed by atoms with van der Waals surface area (Å²) in [5, 5.41) is 27.2. The Balaban J connectivity index is 0.000000675. The molecular formula is C32H51NO8S. The lowest BCUT2D eigenvalue weighted by molar-refractivity contribution is -0.205. The van der Waals surface area contributed by atoms with E-state index in [1.165, 1.54) is 0 Å². The second-order valence-corrected chi connectivity index (χ2v) is 13.8. The van der Waals surface area contributed by atoms with Gasteiger partial charge in [0.05, 0.1) is 11.9 Å². The predicted octanol–water partition coefficient (Wildman–Crippen LogP) is 4.68. The number of hydrogen-bond donors (Lipinski definition) is 3. The molecule has 42 heavy (non-hydrogen) atoms. The lowest BCUT2D eigenvalue weighted by Crippen LogP contribution is -2.63. The van der Waals surface area contributed by atoms with Crippen molar-refractivity contribution in [3.63, 3.8) is 0 Å². The number of carboxylic acid groups (broad SMARTS) is 2. The van der Waals surface area contributed by atoms with E-state index in [-0.39, 0.29) is 29.1 Å². The summed E-state index contributed by atoms with van der Waals surface area (Å²) in [7, 11) is 0. The number of thioether (sulfide) groups is 1. The van der Waals surface area contributed by atoms with Crippen LogP contribution in [-0.2, 0) is 23.9 Å². The number of ketones is 1. The molecule has 10 heteroatoms. The number of nitrogens with zero attached hydrogens (tertiary/aromatic N) is 1. The molecule has 3 aliphatic carbocycles. The van der Waals surface area contributed by atoms with Gasteiger partial charge in [-0.2, -0.15) is 0 Å². The van der Waals surface area contributed by atoms with E-state index in [4.69, 9.17) is 14.9 Å². The summed E-state index contributed by atoms with van der Waals surface area (Å²) in [6.07, 6.45) is 5.76. The molecule has 3 N–H and O–H groups in total. The molecule has 0 saturated heterocycles. The number of esters is 1. The van der Waals surface area contributed by atoms with Gasteiger partial charge < -0.3 is 25.0 Å². The molecule has 0 radical (unpaired) electrons. The van der Waals surface area contributed by atoms with E-state index >= 15 is 0 Å². The van der Waals surface area contributed by atoms with Crippen LogP contribution >= 0.6 is 11.8 Å². The normalized spacial score (nSPS) is 35.9. The number of hydrogen-bond acceptors (Lipinski definition) is 8. The molecule has 0 amide bonds. The molecule has 3 saturated carbocycles. The molecule has 0 spiro atoms. The highest BCUT2D eigenvalue weighted by Crippen LogP contribution is 2.68. The van der Waals surface area contributed by atoms with Crippen molar-refractivity contribution >= 4 is 35.5 Å². The van der Waals surface area contributed by atoms with E-state index < -0.39 is 35.0 Å². The fraction of sp³-hybridized carbons (Fsp3) is 0.750. The molecular weight excluding hydrogens is 558 g/mol. The molecule has 0 aromatic rings. The van der Waals surface area contributed by atoms with Gasteiger partial charge in [0.2, 0.25) is 0 Å². The zero-order valence-corrected chi connectivity index (χ0v) is 27.0. The van der Waals surface area contributed by atoms with Crippen LogP contribution in [0.2, 0.25) is 0 Å². The summed E-state index contributed by atoms with van der Waals surface area (Å²) >= 11 is 1.61. The minimum absolute atomic E-state index is 0.00828. The maximum atomic E-state index is 13.4. The van der Waals surface area contributed by atoms with Crippen LogP contribution in [0.5, 0.6) is 0 Å². The summed E-state index contributed by atoms with van der Waals surface area (Å²) in [6.45, 7) is 20.0. The van der Waals surface area contributed by atoms with Gasteiger partial charge in [0.15, 0.2) is 0 Å². The van der Waals surface area contributed by atoms with Crippen LogP contribution in [0.4, 0.5) is 0 Å². The second kappa shape index (κ2) is 15.0. The minimum atomic E-state index is -1.26. The quantitative estimate of drug-likeness (QED) is 0.131. The van der Waals surface area contributed by atoms with E-state index in [0.29, 0.717) is 36.5 Å². The van der Waals surface area contributed by atoms with E-state index in [2.05, 4.69) is 46.1 Å². The fourth-order valence-electron chi connectivity index (χ4n) is 7.73. The molecule has 8 atom stereocenters. The zero-order chi connectivity index (χ0) is 31.9. The fourth-order valence-corrected chi connectivity index (χ4v) is 8.49. The molecule has 0 aromatic carbocycles. The largest absolute Gasteiger partial charge is 0.478 e. The summed E-state index contributed by atoms with van der Waals surface area (Å²) in [5.41, 5.74) is -1.25. The molecule has 0 aliphatic heterocycles. The molecule has 0 heterocycles. The number of carbonyl (C=O) groups excluding carboxylic acids is 2. The summed E-state index contributed by atoms with van der Waals surface area (Å²) in [6, 6.07) is 0. The highest BCUT2D eigenvalue weighted by molar-refractivity contribution is 7.99. The third kappa shape index (κ3) is 7.66. The average molecular weight is 610 g/mol. The number of aliphatic hydroxyl groups excluding tert-OH is 1. The van der Waals surface area contributed by atoms with Gasteiger partial charge >= 0.3 is 17.9 Å². The Bertz CT molecular complexity index is 1010. The molecule has 9 nitrogen and oxygen atoms in total. The number of aliphatic carboxylic acids is 2. The summed E-state index contributed by atoms with van der Waals surface area (Å²) < 4.78 is 6.30. The van der Waals surface area contributed by atoms with Crippen LogP contribution in [-0.4, -0.2) is 87.3 Å². The van der Waals surface area contributed by atoms with Gasteiger partial charge in [-0.25, -0.2) is 9.59 Å². The lowest BCUT2D eigenvalue weighted by atomic mass is 9.44. The van der Waals surface area contributed by atoms with Crippen LogP contribution < -0.4 is 0 Å². The second-order valence-electron chi connectivity index (χ2n) is 12.7. The molecule has 2 bridgehead atoms. The molecule has 3 fully saturated rings. The number of rotatable bonds is 11. The van der Waals surface area contributed by atoms with Gasteiger partial charge in [-0.05, 0) is 56.0 Å². The molecule has 3 unspecified atom stereocenters. The first-order chi connectivity index (χ1) is 19.6. The van der Waals surface area contributed by atoms with Gasteiger partial charge in [-0.3, -0.25) is 9.59 Å². The maximum absolute atomic E-state index is 13.4. The number of ether oxygens (including phenoxy) is 1. The predicted molar refractivity (Wildman–Crippen MR) is 164 cm³/mol. The maximum Gasteiger partial charge on any atom is 0.328 e. The van der Waals surface area contributed by atoms with Crippen molar-refractivity contribution in [2.75, 3.05) is 31.1 Å². The Morgan fingerprint density at radius 2 is 1.69 bits per heavy atom. The van der Waals surface area contributed by atoms with Crippen molar-refractivity contribution < 1.29 is 39.2 Å². The highest BCUT2D eigenvalue weighted by atomic mass is 32.2. The Morgan fingerprint density at radius 3 is 2.21 bits per heavy atom. The topological polar surface area (TPSA) is 141 Å². The van der Waals surface area contributed by atoms with Crippen LogP contribution in [0.15, 0.2) is 24.8 Å². The number of carboxylic acids is 2. The Morgan fingerprint density at radius 1 is 1.10 bits per heavy atom. The standard InChI is InChI=1S/C28H47NO4S.C4H4O4/c1-8-26(6)17-22(33-23(31)18-34-16-15-29(9-2)10-3)27(7)19(4)11-13-28(20(5)25(26)32)14-12-21(30)24(27)28;5-3(6)1-2-4(7)8/h8,19-20,22,24-25,32H,1,9-18H2,2-7H3;1-2H,(H,5,6)(H,7,8)/b;2-1+/t19?,20-,22+,24?,25-,26+,27?,28-;/m0./s1. The SMILES string of the molecule is C=C[C@]1(C)C[C@@H](OC(=O)CSCCN(CC)CC)C2(C)C(C)CC[C@]3(CCC(=O)C23)[C@@H](C)[C@@H]1O.O=C(O)/C=C/C(=O)O. The van der Waals surface area contributed by atoms with Crippen molar-refractivity contribution in [3.05, 3.63) is 24.8 Å². The highest BCUT2D eigenvalue weighted by Gasteiger charge is 2.68. The van der Waals surface area contributed by atoms with E-state index in [0.717, 1.165) is 44.6 Å². The van der Waals surface area contributed by atoms with Crippen molar-refractivity contribution in [1.29, 1.82) is 0 Å². The third-order valence-electron chi connectivity index (χ3n) is 10.6. The number of carbonyl (C=O) groups is 4. The first-order valence-corrected chi connectivity index (χ1v) is 16.3. The van der Waals surface area contributed by atoms with Gasteiger partial charge in [-0.1, -0.05) is 47.6 Å². The van der Waals surface area contributed by atoms with Crippen LogP contribution in [0.1, 0.15) is 73.6 Å². The number of Topliss-reactive ketones (excluding diaryl/α,β-unsaturated/α-hetero) is 1. The van der Waals surface area contributed by atoms with Crippen molar-refractivity contribution in [2.24, 2.45) is 34.0 Å². The average Bonchev–Trinajstić information content (AvgIpc) is 3.30. The zero-order valence-electron chi connectivity index (χ0n) is 26.1. The summed E-state index contributed by atoms with van der Waals surface area (Å²) in [4.78, 5) is 48.0. The van der Waals surface area contributed by atoms with Crippen molar-refractivity contribution in [2.45, 2.75) is 85.9 Å². The Kier molecular flexibility index (Phi) is 12.9. The first-order valence-electron chi connectivity index (χ1n) is 15.1. The third-order valence-corrected chi connectivity index (χ3v) is 11.5. The van der Waals surface area contributed by atoms with Crippen molar-refractivity contribution in [3.8, 4) is 0 Å². The molecule has 3 aliphatic rings. The van der Waals surface area contributed by atoms with Gasteiger partial charge in [0.1, 0.15) is 11.9 Å². The van der Waals surface area contributed by atoms with Gasteiger partial charge in [0, 0.05) is 47.6 Å². The van der Waals surface area contributed by atoms with Crippen LogP contribution in [0.3, 0.4) is 0 Å². The molecule has 3 rings (SSSR count). The van der Waals surface area contributed by atoms with E-state index in [1.54, 1.807) is 11.8 Å². The van der Waals surface area contributed by atoms with E-state index in [9.17, 15) is 24.3 Å².